The number of benzene rings is 1. The van der Waals surface area contributed by atoms with E-state index in [0.717, 1.165) is 5.01 Å². The molecule has 2 rings (SSSR count). The number of aromatic nitrogens is 2. The molecule has 1 aromatic carbocycles. The first-order valence-electron chi connectivity index (χ1n) is 7.62. The van der Waals surface area contributed by atoms with E-state index in [1.54, 1.807) is 31.2 Å². The molecule has 2 amide bonds. The summed E-state index contributed by atoms with van der Waals surface area (Å²) in [7, 11) is 0. The Bertz CT molecular complexity index is 840. The molecule has 0 unspecified atom stereocenters. The molecule has 0 aliphatic heterocycles. The zero-order valence-electron chi connectivity index (χ0n) is 14.3. The number of hydrazine groups is 1. The van der Waals surface area contributed by atoms with Gasteiger partial charge in [0.15, 0.2) is 5.82 Å². The fourth-order valence-electron chi connectivity index (χ4n) is 2.07. The maximum atomic E-state index is 11.6. The molecule has 0 fully saturated rings. The van der Waals surface area contributed by atoms with Crippen LogP contribution in [-0.4, -0.2) is 34.1 Å². The van der Waals surface area contributed by atoms with E-state index in [0.29, 0.717) is 17.7 Å². The molecule has 2 aromatic rings. The molecule has 0 saturated carbocycles. The maximum Gasteiger partial charge on any atom is 0.254 e. The molecule has 0 aliphatic rings. The maximum absolute atomic E-state index is 11.6. The molecular weight excluding hydrogens is 338 g/mol. The van der Waals surface area contributed by atoms with Gasteiger partial charge >= 0.3 is 0 Å². The number of carbonyl (C=O) groups is 3. The fourth-order valence-corrected chi connectivity index (χ4v) is 2.07. The van der Waals surface area contributed by atoms with Gasteiger partial charge in [-0.3, -0.25) is 14.6 Å². The number of anilines is 4. The highest BCUT2D eigenvalue weighted by Crippen LogP contribution is 2.22. The molecular formula is C16H19N7O3. The van der Waals surface area contributed by atoms with Crippen molar-refractivity contribution in [3.8, 4) is 0 Å². The first-order valence-corrected chi connectivity index (χ1v) is 7.62. The van der Waals surface area contributed by atoms with Gasteiger partial charge in [0.05, 0.1) is 6.04 Å². The van der Waals surface area contributed by atoms with Crippen molar-refractivity contribution < 1.29 is 14.4 Å². The van der Waals surface area contributed by atoms with Crippen LogP contribution in [0.15, 0.2) is 30.5 Å². The summed E-state index contributed by atoms with van der Waals surface area (Å²) >= 11 is 0. The molecule has 1 aromatic heterocycles. The second kappa shape index (κ2) is 8.03. The van der Waals surface area contributed by atoms with Crippen molar-refractivity contribution in [2.75, 3.05) is 15.6 Å². The second-order valence-electron chi connectivity index (χ2n) is 5.47. The number of nitrogens with zero attached hydrogens (tertiary/aromatic N) is 3. The van der Waals surface area contributed by atoms with Gasteiger partial charge in [0, 0.05) is 24.5 Å². The van der Waals surface area contributed by atoms with Gasteiger partial charge in [0.25, 0.3) is 5.91 Å². The van der Waals surface area contributed by atoms with Crippen LogP contribution in [-0.2, 0) is 9.59 Å². The number of amides is 2. The second-order valence-corrected chi connectivity index (χ2v) is 5.47. The van der Waals surface area contributed by atoms with Gasteiger partial charge < -0.3 is 21.2 Å². The summed E-state index contributed by atoms with van der Waals surface area (Å²) in [6.45, 7) is 2.95. The molecule has 0 radical (unpaired) electrons. The van der Waals surface area contributed by atoms with Crippen LogP contribution in [0, 0.1) is 0 Å². The van der Waals surface area contributed by atoms with Crippen LogP contribution in [0.2, 0.25) is 0 Å². The van der Waals surface area contributed by atoms with Crippen LogP contribution in [0.25, 0.3) is 0 Å². The van der Waals surface area contributed by atoms with E-state index < -0.39 is 11.9 Å². The van der Waals surface area contributed by atoms with E-state index in [1.807, 2.05) is 0 Å². The Morgan fingerprint density at radius 2 is 2.00 bits per heavy atom. The Balaban J connectivity index is 2.34. The van der Waals surface area contributed by atoms with Crippen molar-refractivity contribution in [3.63, 3.8) is 0 Å². The van der Waals surface area contributed by atoms with Crippen LogP contribution in [0.1, 0.15) is 24.2 Å². The third-order valence-electron chi connectivity index (χ3n) is 3.35. The molecule has 10 nitrogen and oxygen atoms in total. The standard InChI is InChI=1S/C16H19N7O3/c1-9(8-24)23(18)15-13(14(17)26)7-19-16(22-15)21-12-5-3-4-11(6-12)20-10(2)25/h3-9H,18H2,1-2H3,(H2,17,26)(H,20,25)(H,19,21,22)/t9-/m0/s1. The number of nitrogens with two attached hydrogens (primary N) is 2. The van der Waals surface area contributed by atoms with E-state index in [9.17, 15) is 14.4 Å². The van der Waals surface area contributed by atoms with Crippen molar-refractivity contribution in [3.05, 3.63) is 36.0 Å². The lowest BCUT2D eigenvalue weighted by atomic mass is 10.2. The Morgan fingerprint density at radius 1 is 1.31 bits per heavy atom. The molecule has 0 saturated heterocycles. The molecule has 136 valence electrons. The number of aldehydes is 1. The number of hydrogen-bond acceptors (Lipinski definition) is 8. The highest BCUT2D eigenvalue weighted by atomic mass is 16.1. The van der Waals surface area contributed by atoms with Gasteiger partial charge in [0.2, 0.25) is 11.9 Å². The first kappa shape index (κ1) is 18.8. The minimum Gasteiger partial charge on any atom is -0.365 e. The van der Waals surface area contributed by atoms with Gasteiger partial charge in [-0.25, -0.2) is 10.8 Å². The normalized spacial score (nSPS) is 11.3. The smallest absolute Gasteiger partial charge is 0.254 e. The number of primary amides is 1. The summed E-state index contributed by atoms with van der Waals surface area (Å²) < 4.78 is 0. The van der Waals surface area contributed by atoms with Crippen molar-refractivity contribution in [1.29, 1.82) is 0 Å². The molecule has 0 spiro atoms. The topological polar surface area (TPSA) is 156 Å². The molecule has 1 atom stereocenters. The summed E-state index contributed by atoms with van der Waals surface area (Å²) in [6, 6.07) is 6.16. The predicted molar refractivity (Wildman–Crippen MR) is 96.8 cm³/mol. The van der Waals surface area contributed by atoms with E-state index >= 15 is 0 Å². The number of rotatable bonds is 7. The van der Waals surface area contributed by atoms with Crippen molar-refractivity contribution in [2.45, 2.75) is 19.9 Å². The molecule has 1 heterocycles. The number of carbonyl (C=O) groups excluding carboxylic acids is 3. The lowest BCUT2D eigenvalue weighted by molar-refractivity contribution is -0.114. The van der Waals surface area contributed by atoms with Crippen molar-refractivity contribution in [1.82, 2.24) is 9.97 Å². The van der Waals surface area contributed by atoms with Crippen LogP contribution < -0.4 is 27.2 Å². The zero-order valence-corrected chi connectivity index (χ0v) is 14.3. The van der Waals surface area contributed by atoms with Gasteiger partial charge in [0.1, 0.15) is 11.8 Å². The van der Waals surface area contributed by atoms with Crippen LogP contribution in [0.3, 0.4) is 0 Å². The minimum absolute atomic E-state index is 0.0150. The lowest BCUT2D eigenvalue weighted by Gasteiger charge is -2.22. The largest absolute Gasteiger partial charge is 0.365 e. The first-order chi connectivity index (χ1) is 12.3. The fraction of sp³-hybridized carbons (Fsp3) is 0.188. The SMILES string of the molecule is CC(=O)Nc1cccc(Nc2ncc(C(N)=O)c(N(N)[C@@H](C)C=O)n2)c1. The van der Waals surface area contributed by atoms with E-state index in [4.69, 9.17) is 11.6 Å². The Kier molecular flexibility index (Phi) is 5.81. The Labute approximate surface area is 149 Å². The summed E-state index contributed by atoms with van der Waals surface area (Å²) in [6.07, 6.45) is 1.83. The van der Waals surface area contributed by atoms with Gasteiger partial charge in [-0.15, -0.1) is 0 Å². The van der Waals surface area contributed by atoms with Gasteiger partial charge in [-0.05, 0) is 25.1 Å². The summed E-state index contributed by atoms with van der Waals surface area (Å²) in [5, 5.41) is 6.63. The van der Waals surface area contributed by atoms with E-state index in [1.165, 1.54) is 13.1 Å². The number of nitrogens with one attached hydrogen (secondary N) is 2. The van der Waals surface area contributed by atoms with Gasteiger partial charge in [-0.2, -0.15) is 4.98 Å². The third-order valence-corrected chi connectivity index (χ3v) is 3.35. The van der Waals surface area contributed by atoms with Crippen molar-refractivity contribution in [2.24, 2.45) is 11.6 Å². The zero-order chi connectivity index (χ0) is 19.3. The minimum atomic E-state index is -0.771. The van der Waals surface area contributed by atoms with Crippen LogP contribution >= 0.6 is 0 Å². The molecule has 0 aliphatic carbocycles. The summed E-state index contributed by atoms with van der Waals surface area (Å²) in [5.74, 6) is 5.04. The monoisotopic (exact) mass is 357 g/mol. The third kappa shape index (κ3) is 4.51. The van der Waals surface area contributed by atoms with Gasteiger partial charge in [-0.1, -0.05) is 6.07 Å². The Hall–Kier alpha value is -3.53. The molecule has 10 heteroatoms. The number of hydrogen-bond donors (Lipinski definition) is 4. The molecule has 6 N–H and O–H groups in total. The highest BCUT2D eigenvalue weighted by Gasteiger charge is 2.20. The summed E-state index contributed by atoms with van der Waals surface area (Å²) in [5.41, 5.74) is 6.49. The average Bonchev–Trinajstić information content (AvgIpc) is 2.59. The summed E-state index contributed by atoms with van der Waals surface area (Å²) in [4.78, 5) is 41.9. The Morgan fingerprint density at radius 3 is 2.62 bits per heavy atom. The van der Waals surface area contributed by atoms with Crippen LogP contribution in [0.5, 0.6) is 0 Å². The lowest BCUT2D eigenvalue weighted by Crippen LogP contribution is -2.42. The average molecular weight is 357 g/mol. The predicted octanol–water partition coefficient (Wildman–Crippen LogP) is 0.545. The quantitative estimate of drug-likeness (QED) is 0.318. The van der Waals surface area contributed by atoms with Crippen molar-refractivity contribution >= 4 is 41.2 Å². The molecule has 26 heavy (non-hydrogen) atoms. The highest BCUT2D eigenvalue weighted by molar-refractivity contribution is 5.98. The van der Waals surface area contributed by atoms with E-state index in [2.05, 4.69) is 20.6 Å². The van der Waals surface area contributed by atoms with E-state index in [-0.39, 0.29) is 23.2 Å². The molecule has 0 bridgehead atoms. The van der Waals surface area contributed by atoms with Crippen LogP contribution in [0.4, 0.5) is 23.1 Å².